The average molecular weight is 287 g/mol. The molecule has 3 N–H and O–H groups in total. The zero-order valence-electron chi connectivity index (χ0n) is 10.4. The monoisotopic (exact) mass is 287 g/mol. The first-order valence-electron chi connectivity index (χ1n) is 5.17. The van der Waals surface area contributed by atoms with E-state index in [1.54, 1.807) is 12.1 Å². The Morgan fingerprint density at radius 3 is 1.95 bits per heavy atom. The van der Waals surface area contributed by atoms with Crippen molar-refractivity contribution in [3.05, 3.63) is 54.6 Å². The topological polar surface area (TPSA) is 81.4 Å². The molecule has 1 radical (unpaired) electrons. The normalized spacial score (nSPS) is 10.4. The summed E-state index contributed by atoms with van der Waals surface area (Å²) in [5.41, 5.74) is 1.76. The first-order valence-corrected chi connectivity index (χ1v) is 6.64. The number of anilines is 2. The van der Waals surface area contributed by atoms with E-state index in [4.69, 9.17) is 5.14 Å². The quantitative estimate of drug-likeness (QED) is 0.837. The molecule has 0 aliphatic carbocycles. The Morgan fingerprint density at radius 1 is 0.895 bits per heavy atom. The number of benzene rings is 2. The third-order valence-electron chi connectivity index (χ3n) is 2.13. The van der Waals surface area contributed by atoms with Crippen molar-refractivity contribution in [1.82, 2.24) is 0 Å². The van der Waals surface area contributed by atoms with Crippen molar-refractivity contribution in [2.75, 3.05) is 5.32 Å². The predicted octanol–water partition coefficient (Wildman–Crippen LogP) is 1.63. The average Bonchev–Trinajstić information content (AvgIpc) is 2.31. The molecule has 19 heavy (non-hydrogen) atoms. The van der Waals surface area contributed by atoms with Crippen LogP contribution in [0.4, 0.5) is 11.4 Å². The third-order valence-corrected chi connectivity index (χ3v) is 2.55. The van der Waals surface area contributed by atoms with Gasteiger partial charge in [-0.25, -0.2) is 0 Å². The van der Waals surface area contributed by atoms with Gasteiger partial charge in [0.05, 0.1) is 0 Å². The van der Waals surface area contributed by atoms with Gasteiger partial charge in [0.25, 0.3) is 0 Å². The molecule has 0 atom stereocenters. The van der Waals surface area contributed by atoms with Crippen molar-refractivity contribution in [2.45, 2.75) is 0 Å². The fourth-order valence-corrected chi connectivity index (χ4v) is 1.80. The molecule has 95 valence electrons. The van der Waals surface area contributed by atoms with E-state index in [0.29, 0.717) is 0 Å². The number of hydrogen-bond donors (Lipinski definition) is 2. The van der Waals surface area contributed by atoms with E-state index >= 15 is 0 Å². The molecule has 5 nitrogen and oxygen atoms in total. The van der Waals surface area contributed by atoms with Gasteiger partial charge in [-0.3, -0.25) is 0 Å². The Hall–Kier alpha value is -1.05. The van der Waals surface area contributed by atoms with Crippen LogP contribution in [-0.4, -0.2) is 38.0 Å². The van der Waals surface area contributed by atoms with Gasteiger partial charge in [-0.05, 0) is 36.4 Å². The van der Waals surface area contributed by atoms with Gasteiger partial charge in [0.2, 0.25) is 0 Å². The number of nitrogens with two attached hydrogens (primary N) is 1. The van der Waals surface area contributed by atoms with Crippen LogP contribution in [0.1, 0.15) is 0 Å². The molecule has 0 amide bonds. The smallest absolute Gasteiger partial charge is 0.371 e. The zero-order chi connectivity index (χ0) is 13.0. The van der Waals surface area contributed by atoms with Gasteiger partial charge < -0.3 is 9.50 Å². The number of para-hydroxylation sites is 1. The molecular formula is C12H12N2NaO3S. The summed E-state index contributed by atoms with van der Waals surface area (Å²) in [6.45, 7) is 0. The maximum Gasteiger partial charge on any atom is 0.380 e. The van der Waals surface area contributed by atoms with Crippen molar-refractivity contribution in [1.29, 1.82) is 0 Å². The SMILES string of the molecule is NS(=O)(=O)Oc1ccc(Nc2ccccc2)cc1.[Na]. The molecule has 2 aromatic rings. The first kappa shape index (κ1) is 16.0. The van der Waals surface area contributed by atoms with Crippen molar-refractivity contribution in [3.8, 4) is 5.75 Å². The summed E-state index contributed by atoms with van der Waals surface area (Å²) in [5.74, 6) is 0.177. The van der Waals surface area contributed by atoms with Crippen LogP contribution in [0.15, 0.2) is 54.6 Å². The van der Waals surface area contributed by atoms with Gasteiger partial charge in [-0.15, -0.1) is 0 Å². The van der Waals surface area contributed by atoms with Crippen LogP contribution in [-0.2, 0) is 10.3 Å². The fraction of sp³-hybridized carbons (Fsp3) is 0. The summed E-state index contributed by atoms with van der Waals surface area (Å²) in [6, 6.07) is 16.1. The molecule has 0 aromatic heterocycles. The second kappa shape index (κ2) is 6.93. The number of hydrogen-bond acceptors (Lipinski definition) is 4. The molecule has 0 bridgehead atoms. The second-order valence-electron chi connectivity index (χ2n) is 3.59. The summed E-state index contributed by atoms with van der Waals surface area (Å²) in [5, 5.41) is 7.92. The molecule has 0 aliphatic heterocycles. The van der Waals surface area contributed by atoms with Crippen LogP contribution in [0.25, 0.3) is 0 Å². The zero-order valence-corrected chi connectivity index (χ0v) is 13.2. The van der Waals surface area contributed by atoms with Crippen molar-refractivity contribution < 1.29 is 12.6 Å². The molecule has 2 rings (SSSR count). The Labute approximate surface area is 134 Å². The van der Waals surface area contributed by atoms with E-state index in [9.17, 15) is 8.42 Å². The van der Waals surface area contributed by atoms with Gasteiger partial charge in [-0.1, -0.05) is 18.2 Å². The Morgan fingerprint density at radius 2 is 1.42 bits per heavy atom. The maximum atomic E-state index is 10.7. The molecule has 2 aromatic carbocycles. The van der Waals surface area contributed by atoms with Crippen LogP contribution in [0.3, 0.4) is 0 Å². The van der Waals surface area contributed by atoms with Crippen LogP contribution in [0.5, 0.6) is 5.75 Å². The minimum absolute atomic E-state index is 0. The molecular weight excluding hydrogens is 275 g/mol. The van der Waals surface area contributed by atoms with E-state index < -0.39 is 10.3 Å². The maximum absolute atomic E-state index is 10.7. The molecule has 0 fully saturated rings. The second-order valence-corrected chi connectivity index (χ2v) is 4.74. The van der Waals surface area contributed by atoms with Gasteiger partial charge in [0.15, 0.2) is 0 Å². The van der Waals surface area contributed by atoms with Crippen LogP contribution < -0.4 is 14.6 Å². The summed E-state index contributed by atoms with van der Waals surface area (Å²) in [6.07, 6.45) is 0. The Kier molecular flexibility index (Phi) is 5.84. The molecule has 7 heteroatoms. The molecule has 0 spiro atoms. The minimum Gasteiger partial charge on any atom is -0.371 e. The van der Waals surface area contributed by atoms with Crippen LogP contribution in [0, 0.1) is 0 Å². The third kappa shape index (κ3) is 5.63. The first-order chi connectivity index (χ1) is 8.53. The van der Waals surface area contributed by atoms with E-state index in [-0.39, 0.29) is 35.3 Å². The van der Waals surface area contributed by atoms with E-state index in [2.05, 4.69) is 9.50 Å². The van der Waals surface area contributed by atoms with E-state index in [1.165, 1.54) is 12.1 Å². The molecule has 0 heterocycles. The molecule has 0 saturated heterocycles. The fourth-order valence-electron chi connectivity index (χ4n) is 1.42. The van der Waals surface area contributed by atoms with E-state index in [1.807, 2.05) is 30.3 Å². The van der Waals surface area contributed by atoms with Crippen molar-refractivity contribution in [3.63, 3.8) is 0 Å². The summed E-state index contributed by atoms with van der Waals surface area (Å²) < 4.78 is 26.0. The largest absolute Gasteiger partial charge is 0.380 e. The van der Waals surface area contributed by atoms with Gasteiger partial charge in [0.1, 0.15) is 5.75 Å². The summed E-state index contributed by atoms with van der Waals surface area (Å²) in [4.78, 5) is 0. The van der Waals surface area contributed by atoms with Crippen molar-refractivity contribution >= 4 is 51.2 Å². The summed E-state index contributed by atoms with van der Waals surface area (Å²) in [7, 11) is -3.97. The Balaban J connectivity index is 0.00000180. The number of rotatable bonds is 4. The molecule has 0 saturated carbocycles. The van der Waals surface area contributed by atoms with E-state index in [0.717, 1.165) is 11.4 Å². The molecule has 0 unspecified atom stereocenters. The standard InChI is InChI=1S/C12H12N2O3S.Na/c13-18(15,16)17-12-8-6-11(7-9-12)14-10-4-2-1-3-5-10;/h1-9,14H,(H2,13,15,16);. The summed E-state index contributed by atoms with van der Waals surface area (Å²) >= 11 is 0. The number of nitrogens with one attached hydrogen (secondary N) is 1. The molecule has 0 aliphatic rings. The van der Waals surface area contributed by atoms with Gasteiger partial charge >= 0.3 is 10.3 Å². The van der Waals surface area contributed by atoms with Crippen LogP contribution in [0.2, 0.25) is 0 Å². The van der Waals surface area contributed by atoms with Crippen LogP contribution >= 0.6 is 0 Å². The minimum atomic E-state index is -3.97. The van der Waals surface area contributed by atoms with Gasteiger partial charge in [-0.2, -0.15) is 13.6 Å². The predicted molar refractivity (Wildman–Crippen MR) is 75.7 cm³/mol. The Bertz CT molecular complexity index is 615. The van der Waals surface area contributed by atoms with Gasteiger partial charge in [0, 0.05) is 40.9 Å². The van der Waals surface area contributed by atoms with Crippen molar-refractivity contribution in [2.24, 2.45) is 5.14 Å².